The summed E-state index contributed by atoms with van der Waals surface area (Å²) in [7, 11) is 0. The van der Waals surface area contributed by atoms with Gasteiger partial charge >= 0.3 is 5.97 Å². The van der Waals surface area contributed by atoms with Gasteiger partial charge in [-0.2, -0.15) is 0 Å². The van der Waals surface area contributed by atoms with Crippen LogP contribution in [0.2, 0.25) is 0 Å². The Bertz CT molecular complexity index is 1050. The topological polar surface area (TPSA) is 44.8 Å². The molecule has 0 amide bonds. The number of nitrogens with zero attached hydrogens (tertiary/aromatic N) is 2. The number of hydrogen-bond donors (Lipinski definition) is 1. The van der Waals surface area contributed by atoms with E-state index in [1.165, 1.54) is 16.8 Å². The fraction of sp³-hybridized carbons (Fsp3) is 0.296. The van der Waals surface area contributed by atoms with Gasteiger partial charge in [0.25, 0.3) is 0 Å². The molecule has 0 bridgehead atoms. The second kappa shape index (κ2) is 11.7. The number of ether oxygens (including phenoxy) is 1. The number of esters is 1. The first-order chi connectivity index (χ1) is 15.6. The van der Waals surface area contributed by atoms with Crippen LogP contribution >= 0.6 is 12.4 Å². The zero-order valence-corrected chi connectivity index (χ0v) is 20.1. The standard InChI is InChI=1S/C27H31N3O2.ClH/c1-21-9-8-14-25(22(21)2)28-26-13-7-6-12-24(26)27(31)32-20-19-29-15-17-30(18-16-29)23-10-4-3-5-11-23;/h3-14,28H,15-20H2,1-2H3;1H. The summed E-state index contributed by atoms with van der Waals surface area (Å²) in [6.45, 7) is 9.22. The SMILES string of the molecule is Cc1cccc(Nc2ccccc2C(=O)OCCN2CCN(c3ccccc3)CC2)c1C.Cl. The fourth-order valence-corrected chi connectivity index (χ4v) is 4.02. The summed E-state index contributed by atoms with van der Waals surface area (Å²) in [4.78, 5) is 17.6. The molecule has 0 radical (unpaired) electrons. The number of halogens is 1. The predicted octanol–water partition coefficient (Wildman–Crippen LogP) is 5.45. The summed E-state index contributed by atoms with van der Waals surface area (Å²) >= 11 is 0. The van der Waals surface area contributed by atoms with Crippen molar-refractivity contribution in [3.63, 3.8) is 0 Å². The van der Waals surface area contributed by atoms with Crippen LogP contribution in [0, 0.1) is 13.8 Å². The Labute approximate surface area is 202 Å². The van der Waals surface area contributed by atoms with E-state index in [1.54, 1.807) is 0 Å². The molecule has 1 heterocycles. The van der Waals surface area contributed by atoms with E-state index in [2.05, 4.69) is 59.3 Å². The van der Waals surface area contributed by atoms with Crippen molar-refractivity contribution >= 4 is 35.4 Å². The molecule has 0 atom stereocenters. The van der Waals surface area contributed by atoms with Crippen molar-refractivity contribution in [3.05, 3.63) is 89.5 Å². The molecule has 3 aromatic rings. The second-order valence-electron chi connectivity index (χ2n) is 8.22. The summed E-state index contributed by atoms with van der Waals surface area (Å²) in [5.41, 5.74) is 5.98. The molecule has 1 aliphatic rings. The molecule has 0 unspecified atom stereocenters. The molecule has 5 nitrogen and oxygen atoms in total. The minimum Gasteiger partial charge on any atom is -0.461 e. The molecule has 1 saturated heterocycles. The van der Waals surface area contributed by atoms with E-state index < -0.39 is 0 Å². The van der Waals surface area contributed by atoms with Gasteiger partial charge in [0, 0.05) is 44.1 Å². The van der Waals surface area contributed by atoms with Gasteiger partial charge in [-0.25, -0.2) is 4.79 Å². The highest BCUT2D eigenvalue weighted by Crippen LogP contribution is 2.25. The molecule has 0 saturated carbocycles. The Hall–Kier alpha value is -3.02. The number of para-hydroxylation sites is 2. The summed E-state index contributed by atoms with van der Waals surface area (Å²) in [5, 5.41) is 3.41. The van der Waals surface area contributed by atoms with Crippen LogP contribution in [0.4, 0.5) is 17.1 Å². The Balaban J connectivity index is 0.00000306. The highest BCUT2D eigenvalue weighted by Gasteiger charge is 2.18. The lowest BCUT2D eigenvalue weighted by Crippen LogP contribution is -2.47. The first kappa shape index (κ1) is 24.6. The molecule has 1 fully saturated rings. The van der Waals surface area contributed by atoms with E-state index in [0.717, 1.165) is 44.1 Å². The number of piperazine rings is 1. The molecule has 6 heteroatoms. The van der Waals surface area contributed by atoms with Crippen molar-refractivity contribution in [3.8, 4) is 0 Å². The van der Waals surface area contributed by atoms with Crippen molar-refractivity contribution < 1.29 is 9.53 Å². The molecular formula is C27H32ClN3O2. The number of aryl methyl sites for hydroxylation is 1. The Morgan fingerprint density at radius 2 is 1.52 bits per heavy atom. The first-order valence-electron chi connectivity index (χ1n) is 11.2. The molecular weight excluding hydrogens is 434 g/mol. The van der Waals surface area contributed by atoms with Gasteiger partial charge in [0.15, 0.2) is 0 Å². The lowest BCUT2D eigenvalue weighted by atomic mass is 10.1. The fourth-order valence-electron chi connectivity index (χ4n) is 4.02. The molecule has 0 spiro atoms. The predicted molar refractivity (Wildman–Crippen MR) is 138 cm³/mol. The third kappa shape index (κ3) is 6.28. The summed E-state index contributed by atoms with van der Waals surface area (Å²) in [5.74, 6) is -0.290. The molecule has 174 valence electrons. The van der Waals surface area contributed by atoms with E-state index >= 15 is 0 Å². The molecule has 4 rings (SSSR count). The summed E-state index contributed by atoms with van der Waals surface area (Å²) < 4.78 is 5.64. The maximum absolute atomic E-state index is 12.8. The van der Waals surface area contributed by atoms with Gasteiger partial charge in [-0.05, 0) is 55.3 Å². The van der Waals surface area contributed by atoms with Crippen molar-refractivity contribution in [1.82, 2.24) is 4.90 Å². The van der Waals surface area contributed by atoms with Gasteiger partial charge in [-0.15, -0.1) is 12.4 Å². The monoisotopic (exact) mass is 465 g/mol. The van der Waals surface area contributed by atoms with E-state index in [1.807, 2.05) is 42.5 Å². The Morgan fingerprint density at radius 1 is 0.848 bits per heavy atom. The highest BCUT2D eigenvalue weighted by molar-refractivity contribution is 5.96. The molecule has 0 aliphatic carbocycles. The van der Waals surface area contributed by atoms with Gasteiger partial charge in [0.2, 0.25) is 0 Å². The van der Waals surface area contributed by atoms with Gasteiger partial charge < -0.3 is 15.0 Å². The molecule has 1 N–H and O–H groups in total. The number of anilines is 3. The van der Waals surface area contributed by atoms with Gasteiger partial charge in [-0.3, -0.25) is 4.90 Å². The number of hydrogen-bond acceptors (Lipinski definition) is 5. The minimum atomic E-state index is -0.290. The smallest absolute Gasteiger partial charge is 0.340 e. The molecule has 1 aliphatic heterocycles. The first-order valence-corrected chi connectivity index (χ1v) is 11.2. The van der Waals surface area contributed by atoms with E-state index in [-0.39, 0.29) is 18.4 Å². The van der Waals surface area contributed by atoms with Crippen molar-refractivity contribution in [2.24, 2.45) is 0 Å². The zero-order chi connectivity index (χ0) is 22.3. The second-order valence-corrected chi connectivity index (χ2v) is 8.22. The van der Waals surface area contributed by atoms with E-state index in [9.17, 15) is 4.79 Å². The maximum Gasteiger partial charge on any atom is 0.340 e. The van der Waals surface area contributed by atoms with Crippen molar-refractivity contribution in [2.45, 2.75) is 13.8 Å². The van der Waals surface area contributed by atoms with Crippen LogP contribution in [0.25, 0.3) is 0 Å². The van der Waals surface area contributed by atoms with Gasteiger partial charge in [-0.1, -0.05) is 42.5 Å². The van der Waals surface area contributed by atoms with Gasteiger partial charge in [0.1, 0.15) is 6.61 Å². The number of carbonyl (C=O) groups excluding carboxylic acids is 1. The maximum atomic E-state index is 12.8. The number of nitrogens with one attached hydrogen (secondary N) is 1. The third-order valence-corrected chi connectivity index (χ3v) is 6.16. The Kier molecular flexibility index (Phi) is 8.75. The van der Waals surface area contributed by atoms with Gasteiger partial charge in [0.05, 0.1) is 11.3 Å². The molecule has 0 aromatic heterocycles. The Morgan fingerprint density at radius 3 is 2.27 bits per heavy atom. The largest absolute Gasteiger partial charge is 0.461 e. The lowest BCUT2D eigenvalue weighted by molar-refractivity contribution is 0.0460. The number of carbonyl (C=O) groups is 1. The van der Waals surface area contributed by atoms with Crippen LogP contribution < -0.4 is 10.2 Å². The quantitative estimate of drug-likeness (QED) is 0.470. The number of rotatable bonds is 7. The zero-order valence-electron chi connectivity index (χ0n) is 19.3. The highest BCUT2D eigenvalue weighted by atomic mass is 35.5. The normalized spacial score (nSPS) is 13.8. The third-order valence-electron chi connectivity index (χ3n) is 6.16. The minimum absolute atomic E-state index is 0. The summed E-state index contributed by atoms with van der Waals surface area (Å²) in [6, 6.07) is 24.2. The number of benzene rings is 3. The lowest BCUT2D eigenvalue weighted by Gasteiger charge is -2.35. The van der Waals surface area contributed by atoms with Crippen LogP contribution in [-0.4, -0.2) is 50.2 Å². The van der Waals surface area contributed by atoms with Crippen LogP contribution in [0.3, 0.4) is 0 Å². The molecule has 3 aromatic carbocycles. The average molecular weight is 466 g/mol. The van der Waals surface area contributed by atoms with E-state index in [0.29, 0.717) is 12.2 Å². The van der Waals surface area contributed by atoms with Crippen molar-refractivity contribution in [1.29, 1.82) is 0 Å². The average Bonchev–Trinajstić information content (AvgIpc) is 2.83. The summed E-state index contributed by atoms with van der Waals surface area (Å²) in [6.07, 6.45) is 0. The van der Waals surface area contributed by atoms with Crippen LogP contribution in [-0.2, 0) is 4.74 Å². The van der Waals surface area contributed by atoms with Crippen LogP contribution in [0.1, 0.15) is 21.5 Å². The van der Waals surface area contributed by atoms with E-state index in [4.69, 9.17) is 4.74 Å². The van der Waals surface area contributed by atoms with Crippen LogP contribution in [0.5, 0.6) is 0 Å². The molecule has 33 heavy (non-hydrogen) atoms. The van der Waals surface area contributed by atoms with Crippen LogP contribution in [0.15, 0.2) is 72.8 Å². The van der Waals surface area contributed by atoms with Crippen molar-refractivity contribution in [2.75, 3.05) is 49.5 Å².